The second-order valence-corrected chi connectivity index (χ2v) is 9.84. The molecule has 1 saturated heterocycles. The predicted octanol–water partition coefficient (Wildman–Crippen LogP) is 5.00. The molecule has 1 aliphatic heterocycles. The number of aliphatic carboxylic acids is 1. The highest BCUT2D eigenvalue weighted by atomic mass is 32.2. The lowest BCUT2D eigenvalue weighted by Gasteiger charge is -2.37. The fourth-order valence-electron chi connectivity index (χ4n) is 5.54. The van der Waals surface area contributed by atoms with Crippen LogP contribution in [0.5, 0.6) is 0 Å². The van der Waals surface area contributed by atoms with Crippen molar-refractivity contribution in [1.82, 2.24) is 4.90 Å². The summed E-state index contributed by atoms with van der Waals surface area (Å²) in [6.45, 7) is 4.83. The molecule has 1 heterocycles. The van der Waals surface area contributed by atoms with Gasteiger partial charge in [-0.05, 0) is 43.9 Å². The van der Waals surface area contributed by atoms with Gasteiger partial charge in [0.15, 0.2) is 0 Å². The summed E-state index contributed by atoms with van der Waals surface area (Å²) in [5.74, 6) is -1.27. The number of carbonyl (C=O) groups excluding carboxylic acids is 2. The van der Waals surface area contributed by atoms with Gasteiger partial charge in [0.2, 0.25) is 11.0 Å². The van der Waals surface area contributed by atoms with Gasteiger partial charge in [0.05, 0.1) is 5.92 Å². The molecular formula is C24H33NO4S. The average Bonchev–Trinajstić information content (AvgIpc) is 3.35. The van der Waals surface area contributed by atoms with E-state index in [0.29, 0.717) is 18.5 Å². The average molecular weight is 432 g/mol. The summed E-state index contributed by atoms with van der Waals surface area (Å²) in [5, 5.41) is 9.46. The third-order valence-electron chi connectivity index (χ3n) is 6.80. The summed E-state index contributed by atoms with van der Waals surface area (Å²) in [6, 6.07) is 8.53. The van der Waals surface area contributed by atoms with Crippen molar-refractivity contribution in [3.8, 4) is 0 Å². The first-order valence-corrected chi connectivity index (χ1v) is 12.1. The van der Waals surface area contributed by atoms with Crippen molar-refractivity contribution in [2.75, 3.05) is 6.54 Å². The van der Waals surface area contributed by atoms with Crippen molar-refractivity contribution in [2.24, 2.45) is 11.3 Å². The number of carboxylic acids is 1. The molecule has 3 rings (SSSR count). The SMILES string of the molecule is CCCC1(CCC)CCC(C(=O)N2CCC[C@H]2C(=O)O)C1SC(=O)c1ccccc1. The molecule has 0 radical (unpaired) electrons. The van der Waals surface area contributed by atoms with E-state index in [4.69, 9.17) is 0 Å². The van der Waals surface area contributed by atoms with E-state index in [1.54, 1.807) is 4.90 Å². The van der Waals surface area contributed by atoms with E-state index >= 15 is 0 Å². The zero-order chi connectivity index (χ0) is 21.7. The maximum absolute atomic E-state index is 13.5. The fraction of sp³-hybridized carbons (Fsp3) is 0.625. The zero-order valence-corrected chi connectivity index (χ0v) is 18.8. The van der Waals surface area contributed by atoms with E-state index in [1.165, 1.54) is 11.8 Å². The van der Waals surface area contributed by atoms with Crippen LogP contribution in [0, 0.1) is 11.3 Å². The molecule has 5 nitrogen and oxygen atoms in total. The smallest absolute Gasteiger partial charge is 0.326 e. The van der Waals surface area contributed by atoms with Gasteiger partial charge in [-0.1, -0.05) is 68.8 Å². The van der Waals surface area contributed by atoms with Crippen LogP contribution in [0.25, 0.3) is 0 Å². The summed E-state index contributed by atoms with van der Waals surface area (Å²) in [5.41, 5.74) is 0.615. The molecule has 2 unspecified atom stereocenters. The third-order valence-corrected chi connectivity index (χ3v) is 8.33. The Labute approximate surface area is 183 Å². The van der Waals surface area contributed by atoms with Crippen LogP contribution in [-0.2, 0) is 9.59 Å². The summed E-state index contributed by atoms with van der Waals surface area (Å²) >= 11 is 1.32. The van der Waals surface area contributed by atoms with Crippen LogP contribution >= 0.6 is 11.8 Å². The summed E-state index contributed by atoms with van der Waals surface area (Å²) < 4.78 is 0. The Morgan fingerprint density at radius 3 is 2.37 bits per heavy atom. The molecule has 1 amide bonds. The molecule has 0 bridgehead atoms. The molecule has 1 saturated carbocycles. The third kappa shape index (κ3) is 4.58. The molecule has 2 fully saturated rings. The monoisotopic (exact) mass is 431 g/mol. The Hall–Kier alpha value is -1.82. The minimum atomic E-state index is -0.920. The van der Waals surface area contributed by atoms with Crippen molar-refractivity contribution >= 4 is 28.8 Å². The van der Waals surface area contributed by atoms with Crippen LogP contribution in [-0.4, -0.2) is 44.8 Å². The molecule has 30 heavy (non-hydrogen) atoms. The maximum atomic E-state index is 13.5. The van der Waals surface area contributed by atoms with Gasteiger partial charge in [0, 0.05) is 17.4 Å². The molecule has 6 heteroatoms. The predicted molar refractivity (Wildman–Crippen MR) is 119 cm³/mol. The standard InChI is InChI=1S/C24H33NO4S/c1-3-13-24(14-4-2)15-12-18(21(26)25-16-8-11-19(25)22(27)28)20(24)30-23(29)17-9-6-5-7-10-17/h5-7,9-10,18-20H,3-4,8,11-16H2,1-2H3,(H,27,28)/t18?,19-,20?/m0/s1. The molecule has 1 N–H and O–H groups in total. The first kappa shape index (κ1) is 22.9. The van der Waals surface area contributed by atoms with Gasteiger partial charge >= 0.3 is 5.97 Å². The van der Waals surface area contributed by atoms with Gasteiger partial charge in [-0.25, -0.2) is 4.79 Å². The van der Waals surface area contributed by atoms with Crippen LogP contribution in [0.3, 0.4) is 0 Å². The van der Waals surface area contributed by atoms with Gasteiger partial charge in [0.25, 0.3) is 0 Å². The quantitative estimate of drug-likeness (QED) is 0.627. The van der Waals surface area contributed by atoms with Gasteiger partial charge in [-0.3, -0.25) is 9.59 Å². The number of hydrogen-bond donors (Lipinski definition) is 1. The second-order valence-electron chi connectivity index (χ2n) is 8.73. The normalized spacial score (nSPS) is 25.4. The molecule has 2 aliphatic rings. The minimum Gasteiger partial charge on any atom is -0.480 e. The van der Waals surface area contributed by atoms with Crippen molar-refractivity contribution in [1.29, 1.82) is 0 Å². The number of carbonyl (C=O) groups is 3. The van der Waals surface area contributed by atoms with Crippen LogP contribution in [0.4, 0.5) is 0 Å². The first-order valence-electron chi connectivity index (χ1n) is 11.2. The highest BCUT2D eigenvalue weighted by Gasteiger charge is 2.53. The largest absolute Gasteiger partial charge is 0.480 e. The number of hydrogen-bond acceptors (Lipinski definition) is 4. The van der Waals surface area contributed by atoms with Crippen molar-refractivity contribution in [3.05, 3.63) is 35.9 Å². The lowest BCUT2D eigenvalue weighted by Crippen LogP contribution is -2.46. The lowest BCUT2D eigenvalue weighted by molar-refractivity contribution is -0.149. The Bertz CT molecular complexity index is 760. The zero-order valence-electron chi connectivity index (χ0n) is 18.0. The number of thioether (sulfide) groups is 1. The molecule has 1 aromatic carbocycles. The van der Waals surface area contributed by atoms with E-state index in [-0.39, 0.29) is 27.6 Å². The van der Waals surface area contributed by atoms with E-state index in [0.717, 1.165) is 44.9 Å². The van der Waals surface area contributed by atoms with E-state index in [2.05, 4.69) is 13.8 Å². The van der Waals surface area contributed by atoms with Gasteiger partial charge in [0.1, 0.15) is 6.04 Å². The number of rotatable bonds is 8. The van der Waals surface area contributed by atoms with Gasteiger partial charge in [-0.15, -0.1) is 0 Å². The molecule has 3 atom stereocenters. The fourth-order valence-corrected chi connectivity index (χ4v) is 7.06. The van der Waals surface area contributed by atoms with Crippen LogP contribution in [0.1, 0.15) is 75.6 Å². The molecule has 0 aromatic heterocycles. The lowest BCUT2D eigenvalue weighted by atomic mass is 9.76. The molecule has 164 valence electrons. The van der Waals surface area contributed by atoms with Crippen LogP contribution in [0.15, 0.2) is 30.3 Å². The number of nitrogens with zero attached hydrogens (tertiary/aromatic N) is 1. The summed E-state index contributed by atoms with van der Waals surface area (Å²) in [4.78, 5) is 39.9. The Morgan fingerprint density at radius 1 is 1.10 bits per heavy atom. The van der Waals surface area contributed by atoms with Crippen molar-refractivity contribution < 1.29 is 19.5 Å². The number of likely N-dealkylation sites (tertiary alicyclic amines) is 1. The second kappa shape index (κ2) is 9.99. The Balaban J connectivity index is 1.89. The topological polar surface area (TPSA) is 74.7 Å². The maximum Gasteiger partial charge on any atom is 0.326 e. The number of amides is 1. The van der Waals surface area contributed by atoms with E-state index in [1.807, 2.05) is 30.3 Å². The highest BCUT2D eigenvalue weighted by molar-refractivity contribution is 8.14. The highest BCUT2D eigenvalue weighted by Crippen LogP contribution is 2.55. The Kier molecular flexibility index (Phi) is 7.61. The number of carboxylic acid groups (broad SMARTS) is 1. The molecule has 1 aromatic rings. The van der Waals surface area contributed by atoms with Gasteiger partial charge in [-0.2, -0.15) is 0 Å². The van der Waals surface area contributed by atoms with Gasteiger partial charge < -0.3 is 10.0 Å². The summed E-state index contributed by atoms with van der Waals surface area (Å²) in [6.07, 6.45) is 6.92. The first-order chi connectivity index (χ1) is 14.4. The molecule has 0 spiro atoms. The summed E-state index contributed by atoms with van der Waals surface area (Å²) in [7, 11) is 0. The van der Waals surface area contributed by atoms with Crippen LogP contribution in [0.2, 0.25) is 0 Å². The van der Waals surface area contributed by atoms with E-state index < -0.39 is 12.0 Å². The van der Waals surface area contributed by atoms with Crippen LogP contribution < -0.4 is 0 Å². The molecule has 1 aliphatic carbocycles. The molecular weight excluding hydrogens is 398 g/mol. The van der Waals surface area contributed by atoms with Crippen molar-refractivity contribution in [3.63, 3.8) is 0 Å². The van der Waals surface area contributed by atoms with E-state index in [9.17, 15) is 19.5 Å². The number of benzene rings is 1. The minimum absolute atomic E-state index is 0.00749. The Morgan fingerprint density at radius 2 is 1.77 bits per heavy atom. The van der Waals surface area contributed by atoms with Crippen molar-refractivity contribution in [2.45, 2.75) is 76.5 Å².